The molecule has 0 aliphatic heterocycles. The van der Waals surface area contributed by atoms with Crippen LogP contribution in [0.4, 0.5) is 0 Å². The Labute approximate surface area is 132 Å². The molecule has 0 unspecified atom stereocenters. The Kier molecular flexibility index (Phi) is 5.20. The van der Waals surface area contributed by atoms with Crippen LogP contribution in [0.1, 0.15) is 31.2 Å². The molecule has 1 heterocycles. The second kappa shape index (κ2) is 7.52. The van der Waals surface area contributed by atoms with Gasteiger partial charge in [-0.2, -0.15) is 0 Å². The molecular formula is C19H24N2O. The fraction of sp³-hybridized carbons (Fsp3) is 0.421. The average Bonchev–Trinajstić information content (AvgIpc) is 2.61. The molecule has 1 aliphatic carbocycles. The fourth-order valence-corrected chi connectivity index (χ4v) is 3.19. The van der Waals surface area contributed by atoms with Crippen LogP contribution in [0.2, 0.25) is 0 Å². The van der Waals surface area contributed by atoms with Crippen LogP contribution < -0.4 is 5.32 Å². The first-order valence-electron chi connectivity index (χ1n) is 8.20. The molecule has 3 heteroatoms. The molecule has 0 saturated heterocycles. The van der Waals surface area contributed by atoms with Crippen LogP contribution in [0.15, 0.2) is 48.7 Å². The number of pyridine rings is 1. The summed E-state index contributed by atoms with van der Waals surface area (Å²) in [5.41, 5.74) is 3.49. The van der Waals surface area contributed by atoms with Gasteiger partial charge in [-0.3, -0.25) is 4.98 Å². The molecule has 0 spiro atoms. The van der Waals surface area contributed by atoms with Crippen LogP contribution in [0.3, 0.4) is 0 Å². The Bertz CT molecular complexity index is 577. The summed E-state index contributed by atoms with van der Waals surface area (Å²) >= 11 is 0. The molecule has 0 atom stereocenters. The van der Waals surface area contributed by atoms with Crippen molar-refractivity contribution in [3.63, 3.8) is 0 Å². The summed E-state index contributed by atoms with van der Waals surface area (Å²) in [6.07, 6.45) is 6.46. The third-order valence-electron chi connectivity index (χ3n) is 4.59. The molecule has 0 radical (unpaired) electrons. The van der Waals surface area contributed by atoms with E-state index in [-0.39, 0.29) is 0 Å². The number of hydrogen-bond donors (Lipinski definition) is 2. The van der Waals surface area contributed by atoms with Gasteiger partial charge in [-0.25, -0.2) is 0 Å². The number of aliphatic hydroxyl groups excluding tert-OH is 1. The third kappa shape index (κ3) is 3.93. The number of nitrogens with one attached hydrogen (secondary N) is 1. The van der Waals surface area contributed by atoms with Crippen molar-refractivity contribution in [2.24, 2.45) is 5.92 Å². The molecule has 2 aromatic rings. The highest BCUT2D eigenvalue weighted by Crippen LogP contribution is 2.24. The highest BCUT2D eigenvalue weighted by Gasteiger charge is 2.19. The molecule has 0 amide bonds. The van der Waals surface area contributed by atoms with Crippen LogP contribution in [0.25, 0.3) is 11.3 Å². The standard InChI is InChI=1S/C19H24N2O/c22-14-15-7-9-18(10-8-15)21-13-16-4-3-5-17(12-16)19-6-1-2-11-20-19/h1-6,11-12,15,18,21-22H,7-10,13-14H2. The average molecular weight is 296 g/mol. The van der Waals surface area contributed by atoms with Crippen LogP contribution in [-0.2, 0) is 6.54 Å². The zero-order valence-electron chi connectivity index (χ0n) is 12.9. The Balaban J connectivity index is 1.57. The monoisotopic (exact) mass is 296 g/mol. The summed E-state index contributed by atoms with van der Waals surface area (Å²) in [6.45, 7) is 1.24. The molecule has 116 valence electrons. The molecule has 3 nitrogen and oxygen atoms in total. The van der Waals surface area contributed by atoms with Crippen LogP contribution >= 0.6 is 0 Å². The zero-order chi connectivity index (χ0) is 15.2. The van der Waals surface area contributed by atoms with Crippen molar-refractivity contribution in [3.8, 4) is 11.3 Å². The maximum atomic E-state index is 9.20. The Morgan fingerprint density at radius 2 is 1.91 bits per heavy atom. The van der Waals surface area contributed by atoms with E-state index in [0.717, 1.165) is 25.1 Å². The lowest BCUT2D eigenvalue weighted by Gasteiger charge is -2.28. The van der Waals surface area contributed by atoms with Gasteiger partial charge in [0.25, 0.3) is 0 Å². The first-order chi connectivity index (χ1) is 10.8. The molecule has 1 saturated carbocycles. The molecule has 2 N–H and O–H groups in total. The van der Waals surface area contributed by atoms with E-state index in [9.17, 15) is 5.11 Å². The quantitative estimate of drug-likeness (QED) is 0.889. The SMILES string of the molecule is OCC1CCC(NCc2cccc(-c3ccccn3)c2)CC1. The van der Waals surface area contributed by atoms with Gasteiger partial charge in [0.1, 0.15) is 0 Å². The lowest BCUT2D eigenvalue weighted by atomic mass is 9.86. The highest BCUT2D eigenvalue weighted by atomic mass is 16.3. The molecule has 1 fully saturated rings. The van der Waals surface area contributed by atoms with E-state index in [1.165, 1.54) is 24.0 Å². The number of hydrogen-bond acceptors (Lipinski definition) is 3. The van der Waals surface area contributed by atoms with Gasteiger partial charge in [0, 0.05) is 31.0 Å². The second-order valence-electron chi connectivity index (χ2n) is 6.20. The van der Waals surface area contributed by atoms with Gasteiger partial charge in [-0.15, -0.1) is 0 Å². The van der Waals surface area contributed by atoms with Gasteiger partial charge in [-0.05, 0) is 55.4 Å². The van der Waals surface area contributed by atoms with E-state index in [4.69, 9.17) is 0 Å². The fourth-order valence-electron chi connectivity index (χ4n) is 3.19. The van der Waals surface area contributed by atoms with E-state index in [1.807, 2.05) is 24.4 Å². The minimum Gasteiger partial charge on any atom is -0.396 e. The first-order valence-corrected chi connectivity index (χ1v) is 8.20. The number of aliphatic hydroxyl groups is 1. The Morgan fingerprint density at radius 1 is 1.05 bits per heavy atom. The molecule has 1 aromatic carbocycles. The summed E-state index contributed by atoms with van der Waals surface area (Å²) in [5.74, 6) is 0.519. The van der Waals surface area contributed by atoms with Gasteiger partial charge >= 0.3 is 0 Å². The molecule has 0 bridgehead atoms. The van der Waals surface area contributed by atoms with Gasteiger partial charge in [0.05, 0.1) is 5.69 Å². The second-order valence-corrected chi connectivity index (χ2v) is 6.20. The summed E-state index contributed by atoms with van der Waals surface area (Å²) in [5, 5.41) is 12.9. The third-order valence-corrected chi connectivity index (χ3v) is 4.59. The predicted molar refractivity (Wildman–Crippen MR) is 89.3 cm³/mol. The van der Waals surface area contributed by atoms with E-state index in [2.05, 4.69) is 34.6 Å². The molecule has 1 aromatic heterocycles. The van der Waals surface area contributed by atoms with E-state index < -0.39 is 0 Å². The summed E-state index contributed by atoms with van der Waals surface area (Å²) in [6, 6.07) is 15.2. The molecule has 3 rings (SSSR count). The van der Waals surface area contributed by atoms with Crippen molar-refractivity contribution >= 4 is 0 Å². The normalized spacial score (nSPS) is 21.7. The van der Waals surface area contributed by atoms with Crippen molar-refractivity contribution in [1.29, 1.82) is 0 Å². The number of benzene rings is 1. The van der Waals surface area contributed by atoms with Gasteiger partial charge in [0.2, 0.25) is 0 Å². The van der Waals surface area contributed by atoms with Crippen molar-refractivity contribution in [2.45, 2.75) is 38.3 Å². The van der Waals surface area contributed by atoms with E-state index in [0.29, 0.717) is 18.6 Å². The zero-order valence-corrected chi connectivity index (χ0v) is 12.9. The van der Waals surface area contributed by atoms with Gasteiger partial charge < -0.3 is 10.4 Å². The van der Waals surface area contributed by atoms with Gasteiger partial charge in [-0.1, -0.05) is 24.3 Å². The topological polar surface area (TPSA) is 45.1 Å². The molecule has 1 aliphatic rings. The first kappa shape index (κ1) is 15.2. The maximum Gasteiger partial charge on any atom is 0.0702 e. The largest absolute Gasteiger partial charge is 0.396 e. The molecular weight excluding hydrogens is 272 g/mol. The van der Waals surface area contributed by atoms with Crippen molar-refractivity contribution in [2.75, 3.05) is 6.61 Å². The number of aromatic nitrogens is 1. The van der Waals surface area contributed by atoms with Crippen LogP contribution in [-0.4, -0.2) is 22.7 Å². The Morgan fingerprint density at radius 3 is 2.64 bits per heavy atom. The van der Waals surface area contributed by atoms with E-state index >= 15 is 0 Å². The van der Waals surface area contributed by atoms with Crippen molar-refractivity contribution in [1.82, 2.24) is 10.3 Å². The Hall–Kier alpha value is -1.71. The lowest BCUT2D eigenvalue weighted by molar-refractivity contribution is 0.175. The summed E-state index contributed by atoms with van der Waals surface area (Å²) in [4.78, 5) is 4.41. The van der Waals surface area contributed by atoms with E-state index in [1.54, 1.807) is 0 Å². The summed E-state index contributed by atoms with van der Waals surface area (Å²) in [7, 11) is 0. The van der Waals surface area contributed by atoms with Crippen molar-refractivity contribution in [3.05, 3.63) is 54.2 Å². The number of nitrogens with zero attached hydrogens (tertiary/aromatic N) is 1. The highest BCUT2D eigenvalue weighted by molar-refractivity contribution is 5.59. The smallest absolute Gasteiger partial charge is 0.0702 e. The minimum absolute atomic E-state index is 0.346. The summed E-state index contributed by atoms with van der Waals surface area (Å²) < 4.78 is 0. The van der Waals surface area contributed by atoms with Gasteiger partial charge in [0.15, 0.2) is 0 Å². The van der Waals surface area contributed by atoms with Crippen LogP contribution in [0.5, 0.6) is 0 Å². The predicted octanol–water partition coefficient (Wildman–Crippen LogP) is 3.39. The minimum atomic E-state index is 0.346. The maximum absolute atomic E-state index is 9.20. The number of rotatable bonds is 5. The van der Waals surface area contributed by atoms with Crippen LogP contribution in [0, 0.1) is 5.92 Å². The van der Waals surface area contributed by atoms with Crippen molar-refractivity contribution < 1.29 is 5.11 Å². The molecule has 22 heavy (non-hydrogen) atoms. The lowest BCUT2D eigenvalue weighted by Crippen LogP contribution is -2.33.